The van der Waals surface area contributed by atoms with Crippen LogP contribution in [0.2, 0.25) is 5.02 Å². The molecule has 1 aliphatic heterocycles. The van der Waals surface area contributed by atoms with Crippen LogP contribution in [0.5, 0.6) is 5.75 Å². The second-order valence-corrected chi connectivity index (χ2v) is 14.5. The highest BCUT2D eigenvalue weighted by atomic mass is 35.5. The number of amidine groups is 1. The molecule has 1 heterocycles. The van der Waals surface area contributed by atoms with Crippen LogP contribution in [0.4, 0.5) is 10.5 Å². The van der Waals surface area contributed by atoms with Crippen LogP contribution in [0.15, 0.2) is 53.5 Å². The quantitative estimate of drug-likeness (QED) is 0.118. The summed E-state index contributed by atoms with van der Waals surface area (Å²) in [6.45, 7) is 2.74. The van der Waals surface area contributed by atoms with Gasteiger partial charge in [0.1, 0.15) is 17.7 Å². The second kappa shape index (κ2) is 18.7. The van der Waals surface area contributed by atoms with Crippen molar-refractivity contribution in [3.63, 3.8) is 0 Å². The average molecular weight is 733 g/mol. The Hall–Kier alpha value is -4.14. The molecule has 0 radical (unpaired) electrons. The van der Waals surface area contributed by atoms with Gasteiger partial charge in [0, 0.05) is 18.7 Å². The molecule has 4 rings (SSSR count). The average Bonchev–Trinajstić information content (AvgIpc) is 3.09. The molecule has 1 saturated heterocycles. The molecule has 0 bridgehead atoms. The maximum atomic E-state index is 13.5. The number of halogens is 1. The second-order valence-electron chi connectivity index (χ2n) is 12.2. The van der Waals surface area contributed by atoms with E-state index in [1.807, 2.05) is 0 Å². The van der Waals surface area contributed by atoms with E-state index < -0.39 is 40.6 Å². The zero-order valence-corrected chi connectivity index (χ0v) is 30.0. The van der Waals surface area contributed by atoms with Gasteiger partial charge in [-0.3, -0.25) is 13.9 Å². The molecule has 15 heteroatoms. The van der Waals surface area contributed by atoms with E-state index in [0.717, 1.165) is 62.3 Å². The lowest BCUT2D eigenvalue weighted by atomic mass is 9.89. The number of carbonyl (C=O) groups is 3. The van der Waals surface area contributed by atoms with Crippen molar-refractivity contribution in [1.82, 2.24) is 4.90 Å². The van der Waals surface area contributed by atoms with Gasteiger partial charge < -0.3 is 29.6 Å². The fourth-order valence-electron chi connectivity index (χ4n) is 5.71. The third kappa shape index (κ3) is 11.7. The Morgan fingerprint density at radius 1 is 1.02 bits per heavy atom. The first-order valence-electron chi connectivity index (χ1n) is 16.7. The van der Waals surface area contributed by atoms with Crippen LogP contribution in [0.1, 0.15) is 63.0 Å². The van der Waals surface area contributed by atoms with E-state index in [4.69, 9.17) is 36.3 Å². The van der Waals surface area contributed by atoms with Gasteiger partial charge >= 0.3 is 18.0 Å². The summed E-state index contributed by atoms with van der Waals surface area (Å²) in [6.07, 6.45) is 8.50. The van der Waals surface area contributed by atoms with Gasteiger partial charge in [0.25, 0.3) is 0 Å². The number of amides is 1. The number of rotatable bonds is 14. The smallest absolute Gasteiger partial charge is 0.438 e. The number of sulfonamides is 1. The van der Waals surface area contributed by atoms with E-state index in [-0.39, 0.29) is 41.7 Å². The Kier molecular flexibility index (Phi) is 14.5. The third-order valence-corrected chi connectivity index (χ3v) is 10.3. The summed E-state index contributed by atoms with van der Waals surface area (Å²) in [6, 6.07) is 11.4. The molecule has 2 aliphatic rings. The van der Waals surface area contributed by atoms with Gasteiger partial charge in [0.2, 0.25) is 16.8 Å². The minimum absolute atomic E-state index is 0.00253. The zero-order chi connectivity index (χ0) is 36.1. The molecule has 0 aromatic heterocycles. The first-order valence-corrected chi connectivity index (χ1v) is 18.7. The molecule has 1 aliphatic carbocycles. The predicted octanol–water partition coefficient (Wildman–Crippen LogP) is 5.15. The molecule has 2 aromatic rings. The summed E-state index contributed by atoms with van der Waals surface area (Å²) in [5.41, 5.74) is 7.32. The largest absolute Gasteiger partial charge is 0.489 e. The molecule has 0 unspecified atom stereocenters. The highest BCUT2D eigenvalue weighted by molar-refractivity contribution is 7.93. The number of nitrogens with two attached hydrogens (primary N) is 1. The number of hydrogen-bond acceptors (Lipinski definition) is 10. The Morgan fingerprint density at radius 2 is 1.76 bits per heavy atom. The van der Waals surface area contributed by atoms with Gasteiger partial charge in [-0.25, -0.2) is 13.2 Å². The first kappa shape index (κ1) is 38.7. The molecular weight excluding hydrogens is 688 g/mol. The van der Waals surface area contributed by atoms with Crippen LogP contribution in [0.25, 0.3) is 6.08 Å². The Balaban J connectivity index is 1.43. The van der Waals surface area contributed by atoms with Crippen molar-refractivity contribution >= 4 is 57.3 Å². The summed E-state index contributed by atoms with van der Waals surface area (Å²) in [7, 11) is -2.13. The summed E-state index contributed by atoms with van der Waals surface area (Å²) in [5.74, 6) is -1.98. The number of carbonyl (C=O) groups excluding carboxylic acids is 3. The highest BCUT2D eigenvalue weighted by Crippen LogP contribution is 2.33. The van der Waals surface area contributed by atoms with Gasteiger partial charge in [-0.2, -0.15) is 4.99 Å². The van der Waals surface area contributed by atoms with Gasteiger partial charge in [0.15, 0.2) is 5.75 Å². The number of piperidine rings is 1. The lowest BCUT2D eigenvalue weighted by molar-refractivity contribution is -0.157. The Labute approximate surface area is 298 Å². The van der Waals surface area contributed by atoms with Crippen molar-refractivity contribution in [3.05, 3.63) is 64.7 Å². The maximum Gasteiger partial charge on any atom is 0.438 e. The van der Waals surface area contributed by atoms with Crippen molar-refractivity contribution in [2.75, 3.05) is 50.1 Å². The number of hydrogen-bond donors (Lipinski definition) is 1. The minimum Gasteiger partial charge on any atom is -0.489 e. The van der Waals surface area contributed by atoms with Crippen LogP contribution < -0.4 is 14.8 Å². The molecule has 1 saturated carbocycles. The van der Waals surface area contributed by atoms with E-state index >= 15 is 0 Å². The van der Waals surface area contributed by atoms with Crippen LogP contribution in [-0.2, 0) is 33.8 Å². The van der Waals surface area contributed by atoms with E-state index in [0.29, 0.717) is 16.9 Å². The van der Waals surface area contributed by atoms with Gasteiger partial charge in [-0.15, -0.1) is 0 Å². The number of aliphatic imine (C=N–C) groups is 1. The lowest BCUT2D eigenvalue weighted by Crippen LogP contribution is -2.36. The number of ether oxygens (including phenoxy) is 4. The van der Waals surface area contributed by atoms with Crippen LogP contribution in [0.3, 0.4) is 0 Å². The molecule has 1 amide bonds. The van der Waals surface area contributed by atoms with Crippen LogP contribution in [-0.4, -0.2) is 89.1 Å². The van der Waals surface area contributed by atoms with Crippen molar-refractivity contribution < 1.29 is 41.7 Å². The molecule has 272 valence electrons. The molecular formula is C35H45ClN4O9S. The molecule has 13 nitrogen and oxygen atoms in total. The van der Waals surface area contributed by atoms with Crippen LogP contribution in [0, 0.1) is 5.92 Å². The predicted molar refractivity (Wildman–Crippen MR) is 191 cm³/mol. The molecule has 2 fully saturated rings. The zero-order valence-electron chi connectivity index (χ0n) is 28.4. The molecule has 2 N–H and O–H groups in total. The summed E-state index contributed by atoms with van der Waals surface area (Å²) in [4.78, 5) is 42.5. The monoisotopic (exact) mass is 732 g/mol. The maximum absolute atomic E-state index is 13.5. The Bertz CT molecular complexity index is 1650. The van der Waals surface area contributed by atoms with E-state index in [1.54, 1.807) is 55.5 Å². The highest BCUT2D eigenvalue weighted by Gasteiger charge is 2.27. The van der Waals surface area contributed by atoms with Crippen LogP contribution >= 0.6 is 11.6 Å². The Morgan fingerprint density at radius 3 is 2.46 bits per heavy atom. The number of nitrogens with zero attached hydrogens (tertiary/aromatic N) is 3. The van der Waals surface area contributed by atoms with Gasteiger partial charge in [0.05, 0.1) is 29.8 Å². The number of esters is 2. The standard InChI is InChI=1S/C35H45ClN4O9S/c1-3-46-32(41)23-50(44,45)40(28-14-15-31(30(36)22-28)49-29-16-19-39(2)20-17-29)18-8-10-25-9-7-13-27(21-25)33(37)38-35(43)48-24-47-34(42)26-11-5-4-6-12-26/h7-10,13-15,21-22,26,29H,3-6,11-12,16-20,23-24H2,1-2H3,(H2,37,38,43)/b10-8+. The van der Waals surface area contributed by atoms with E-state index in [1.165, 1.54) is 6.07 Å². The number of anilines is 1. The fourth-order valence-corrected chi connectivity index (χ4v) is 7.21. The number of likely N-dealkylation sites (tertiary alicyclic amines) is 1. The van der Waals surface area contributed by atoms with Crippen molar-refractivity contribution in [1.29, 1.82) is 0 Å². The third-order valence-electron chi connectivity index (χ3n) is 8.40. The van der Waals surface area contributed by atoms with Crippen molar-refractivity contribution in [2.45, 2.75) is 58.0 Å². The normalized spacial score (nSPS) is 16.6. The summed E-state index contributed by atoms with van der Waals surface area (Å²) in [5, 5.41) is 0.241. The minimum atomic E-state index is -4.19. The summed E-state index contributed by atoms with van der Waals surface area (Å²) < 4.78 is 49.0. The topological polar surface area (TPSA) is 167 Å². The first-order chi connectivity index (χ1) is 23.9. The van der Waals surface area contributed by atoms with Crippen molar-refractivity contribution in [2.24, 2.45) is 16.6 Å². The SMILES string of the molecule is CCOC(=O)CS(=O)(=O)N(C/C=C/c1cccc(/C(N)=N/C(=O)OCOC(=O)C2CCCCC2)c1)c1ccc(OC2CCN(C)CC2)c(Cl)c1. The number of benzene rings is 2. The van der Waals surface area contributed by atoms with Crippen molar-refractivity contribution in [3.8, 4) is 5.75 Å². The van der Waals surface area contributed by atoms with E-state index in [2.05, 4.69) is 16.9 Å². The van der Waals surface area contributed by atoms with E-state index in [9.17, 15) is 22.8 Å². The fraction of sp³-hybridized carbons (Fsp3) is 0.486. The molecule has 0 spiro atoms. The molecule has 0 atom stereocenters. The summed E-state index contributed by atoms with van der Waals surface area (Å²) >= 11 is 6.57. The molecule has 50 heavy (non-hydrogen) atoms. The van der Waals surface area contributed by atoms with Gasteiger partial charge in [-0.05, 0) is 69.5 Å². The molecule has 2 aromatic carbocycles. The van der Waals surface area contributed by atoms with Gasteiger partial charge in [-0.1, -0.05) is 61.2 Å². The lowest BCUT2D eigenvalue weighted by Gasteiger charge is -2.30.